The van der Waals surface area contributed by atoms with Gasteiger partial charge in [0.2, 0.25) is 6.41 Å². The molecule has 0 unspecified atom stereocenters. The number of nitrogens with zero attached hydrogens (tertiary/aromatic N) is 1. The average Bonchev–Trinajstić information content (AvgIpc) is 2.33. The van der Waals surface area contributed by atoms with Crippen LogP contribution in [0, 0.1) is 0 Å². The van der Waals surface area contributed by atoms with Crippen LogP contribution in [0.25, 0.3) is 0 Å². The Kier molecular flexibility index (Phi) is 5.45. The molecular weight excluding hydrogens is 242 g/mol. The number of urea groups is 1. The summed E-state index contributed by atoms with van der Waals surface area (Å²) in [5.74, 6) is 0. The number of para-hydroxylation sites is 1. The molecule has 1 aromatic rings. The Hall–Kier alpha value is -1.59. The average molecular weight is 256 g/mol. The van der Waals surface area contributed by atoms with Crippen LogP contribution in [0.15, 0.2) is 24.3 Å². The van der Waals surface area contributed by atoms with Crippen molar-refractivity contribution in [3.63, 3.8) is 0 Å². The molecule has 3 N–H and O–H groups in total. The lowest BCUT2D eigenvalue weighted by molar-refractivity contribution is -0.115. The highest BCUT2D eigenvalue weighted by molar-refractivity contribution is 6.33. The van der Waals surface area contributed by atoms with Crippen LogP contribution in [0.5, 0.6) is 0 Å². The number of carbonyl (C=O) groups excluding carboxylic acids is 2. The first-order valence-corrected chi connectivity index (χ1v) is 5.54. The third kappa shape index (κ3) is 4.05. The Labute approximate surface area is 105 Å². The number of nitrogens with one attached hydrogen (secondary N) is 1. The molecule has 0 radical (unpaired) electrons. The Bertz CT molecular complexity index is 398. The van der Waals surface area contributed by atoms with E-state index in [-0.39, 0.29) is 6.54 Å². The summed E-state index contributed by atoms with van der Waals surface area (Å²) in [5.41, 5.74) is 5.78. The van der Waals surface area contributed by atoms with Crippen LogP contribution in [-0.4, -0.2) is 30.4 Å². The predicted molar refractivity (Wildman–Crippen MR) is 66.9 cm³/mol. The van der Waals surface area contributed by atoms with Crippen molar-refractivity contribution in [3.8, 4) is 0 Å². The number of rotatable bonds is 5. The standard InChI is InChI=1S/C11H14ClN3O2/c12-9-4-1-2-5-10(9)14-11(17)15(8-16)7-3-6-13/h1-2,4-5,8H,3,6-7,13H2,(H,14,17). The largest absolute Gasteiger partial charge is 0.330 e. The third-order valence-corrected chi connectivity index (χ3v) is 2.44. The second-order valence-corrected chi connectivity index (χ2v) is 3.76. The zero-order chi connectivity index (χ0) is 12.7. The lowest BCUT2D eigenvalue weighted by Crippen LogP contribution is -2.35. The summed E-state index contributed by atoms with van der Waals surface area (Å²) in [6.07, 6.45) is 1.04. The zero-order valence-electron chi connectivity index (χ0n) is 9.23. The van der Waals surface area contributed by atoms with Crippen molar-refractivity contribution < 1.29 is 9.59 Å². The second kappa shape index (κ2) is 6.88. The van der Waals surface area contributed by atoms with Crippen LogP contribution < -0.4 is 11.1 Å². The molecule has 0 atom stereocenters. The van der Waals surface area contributed by atoms with Gasteiger partial charge in [0, 0.05) is 6.54 Å². The van der Waals surface area contributed by atoms with Crippen molar-refractivity contribution in [3.05, 3.63) is 29.3 Å². The van der Waals surface area contributed by atoms with Crippen LogP contribution >= 0.6 is 11.6 Å². The van der Waals surface area contributed by atoms with Gasteiger partial charge in [-0.2, -0.15) is 0 Å². The smallest absolute Gasteiger partial charge is 0.328 e. The highest BCUT2D eigenvalue weighted by atomic mass is 35.5. The first-order chi connectivity index (χ1) is 8.19. The van der Waals surface area contributed by atoms with Crippen LogP contribution in [0.1, 0.15) is 6.42 Å². The summed E-state index contributed by atoms with van der Waals surface area (Å²) in [6.45, 7) is 0.708. The number of nitrogens with two attached hydrogens (primary N) is 1. The first kappa shape index (κ1) is 13.5. The summed E-state index contributed by atoms with van der Waals surface area (Å²) < 4.78 is 0. The molecule has 3 amide bonds. The minimum atomic E-state index is -0.512. The van der Waals surface area contributed by atoms with Gasteiger partial charge in [-0.3, -0.25) is 9.69 Å². The molecule has 0 fully saturated rings. The molecule has 1 aromatic carbocycles. The van der Waals surface area contributed by atoms with E-state index in [0.717, 1.165) is 4.90 Å². The molecule has 6 heteroatoms. The molecule has 0 heterocycles. The molecule has 17 heavy (non-hydrogen) atoms. The third-order valence-electron chi connectivity index (χ3n) is 2.11. The van der Waals surface area contributed by atoms with Crippen LogP contribution in [0.2, 0.25) is 5.02 Å². The van der Waals surface area contributed by atoms with Crippen LogP contribution in [0.3, 0.4) is 0 Å². The summed E-state index contributed by atoms with van der Waals surface area (Å²) >= 11 is 5.88. The maximum absolute atomic E-state index is 11.7. The zero-order valence-corrected chi connectivity index (χ0v) is 9.98. The van der Waals surface area contributed by atoms with Gasteiger partial charge < -0.3 is 11.1 Å². The summed E-state index contributed by atoms with van der Waals surface area (Å²) in [7, 11) is 0. The molecule has 0 aliphatic heterocycles. The molecule has 0 aromatic heterocycles. The fraction of sp³-hybridized carbons (Fsp3) is 0.273. The predicted octanol–water partition coefficient (Wildman–Crippen LogP) is 1.68. The summed E-state index contributed by atoms with van der Waals surface area (Å²) in [5, 5.41) is 2.97. The van der Waals surface area contributed by atoms with E-state index in [1.165, 1.54) is 0 Å². The SMILES string of the molecule is NCCCN(C=O)C(=O)Nc1ccccc1Cl. The maximum atomic E-state index is 11.7. The Morgan fingerprint density at radius 1 is 1.47 bits per heavy atom. The van der Waals surface area contributed by atoms with Gasteiger partial charge in [0.1, 0.15) is 0 Å². The summed E-state index contributed by atoms with van der Waals surface area (Å²) in [6, 6.07) is 6.30. The van der Waals surface area contributed by atoms with Crippen molar-refractivity contribution in [2.24, 2.45) is 5.73 Å². The highest BCUT2D eigenvalue weighted by Crippen LogP contribution is 2.20. The molecule has 0 aliphatic rings. The molecule has 92 valence electrons. The molecular formula is C11H14ClN3O2. The molecule has 0 bridgehead atoms. The van der Waals surface area contributed by atoms with Gasteiger partial charge in [0.25, 0.3) is 0 Å². The molecule has 1 rings (SSSR count). The van der Waals surface area contributed by atoms with Crippen LogP contribution in [0.4, 0.5) is 10.5 Å². The van der Waals surface area contributed by atoms with E-state index in [4.69, 9.17) is 17.3 Å². The van der Waals surface area contributed by atoms with Crippen molar-refractivity contribution in [1.29, 1.82) is 0 Å². The van der Waals surface area contributed by atoms with E-state index < -0.39 is 6.03 Å². The highest BCUT2D eigenvalue weighted by Gasteiger charge is 2.12. The number of imide groups is 1. The molecule has 5 nitrogen and oxygen atoms in total. The van der Waals surface area contributed by atoms with Crippen molar-refractivity contribution in [2.75, 3.05) is 18.4 Å². The van der Waals surface area contributed by atoms with Gasteiger partial charge in [-0.05, 0) is 25.1 Å². The number of hydrogen-bond acceptors (Lipinski definition) is 3. The van der Waals surface area contributed by atoms with E-state index in [0.29, 0.717) is 30.1 Å². The lowest BCUT2D eigenvalue weighted by atomic mass is 10.3. The number of carbonyl (C=O) groups is 2. The van der Waals surface area contributed by atoms with Gasteiger partial charge in [-0.25, -0.2) is 4.79 Å². The molecule has 0 aliphatic carbocycles. The van der Waals surface area contributed by atoms with Crippen LogP contribution in [-0.2, 0) is 4.79 Å². The molecule has 0 spiro atoms. The van der Waals surface area contributed by atoms with E-state index in [1.54, 1.807) is 24.3 Å². The van der Waals surface area contributed by atoms with Gasteiger partial charge in [-0.1, -0.05) is 23.7 Å². The Balaban J connectivity index is 2.64. The van der Waals surface area contributed by atoms with Gasteiger partial charge in [0.05, 0.1) is 10.7 Å². The Morgan fingerprint density at radius 2 is 2.18 bits per heavy atom. The fourth-order valence-corrected chi connectivity index (χ4v) is 1.40. The fourth-order valence-electron chi connectivity index (χ4n) is 1.21. The second-order valence-electron chi connectivity index (χ2n) is 3.35. The van der Waals surface area contributed by atoms with Crippen molar-refractivity contribution in [1.82, 2.24) is 4.90 Å². The topological polar surface area (TPSA) is 75.4 Å². The number of amides is 3. The monoisotopic (exact) mass is 255 g/mol. The number of hydrogen-bond donors (Lipinski definition) is 2. The quantitative estimate of drug-likeness (QED) is 0.786. The first-order valence-electron chi connectivity index (χ1n) is 5.16. The van der Waals surface area contributed by atoms with E-state index in [2.05, 4.69) is 5.32 Å². The molecule has 0 saturated carbocycles. The van der Waals surface area contributed by atoms with E-state index in [9.17, 15) is 9.59 Å². The van der Waals surface area contributed by atoms with Gasteiger partial charge in [0.15, 0.2) is 0 Å². The Morgan fingerprint density at radius 3 is 2.76 bits per heavy atom. The van der Waals surface area contributed by atoms with Gasteiger partial charge >= 0.3 is 6.03 Å². The summed E-state index contributed by atoms with van der Waals surface area (Å²) in [4.78, 5) is 23.4. The number of halogens is 1. The normalized spacial score (nSPS) is 9.76. The minimum absolute atomic E-state index is 0.288. The van der Waals surface area contributed by atoms with Crippen molar-refractivity contribution in [2.45, 2.75) is 6.42 Å². The van der Waals surface area contributed by atoms with Crippen molar-refractivity contribution >= 4 is 29.7 Å². The van der Waals surface area contributed by atoms with E-state index >= 15 is 0 Å². The molecule has 0 saturated heterocycles. The van der Waals surface area contributed by atoms with E-state index in [1.807, 2.05) is 0 Å². The maximum Gasteiger partial charge on any atom is 0.328 e. The lowest BCUT2D eigenvalue weighted by Gasteiger charge is -2.16. The minimum Gasteiger partial charge on any atom is -0.330 e. The number of anilines is 1. The van der Waals surface area contributed by atoms with Gasteiger partial charge in [-0.15, -0.1) is 0 Å². The number of benzene rings is 1.